The number of hydrogen-bond donors (Lipinski definition) is 2. The van der Waals surface area contributed by atoms with Gasteiger partial charge in [-0.3, -0.25) is 4.79 Å². The highest BCUT2D eigenvalue weighted by Crippen LogP contribution is 2.22. The van der Waals surface area contributed by atoms with Gasteiger partial charge in [-0.15, -0.1) is 5.10 Å². The molecule has 1 aromatic heterocycles. The van der Waals surface area contributed by atoms with Crippen molar-refractivity contribution >= 4 is 28.9 Å². The zero-order valence-electron chi connectivity index (χ0n) is 13.1. The van der Waals surface area contributed by atoms with E-state index < -0.39 is 11.6 Å². The van der Waals surface area contributed by atoms with Crippen LogP contribution in [0.25, 0.3) is 0 Å². The molecular formula is C17H13F2N5O. The monoisotopic (exact) mass is 341 g/mol. The molecule has 25 heavy (non-hydrogen) atoms. The maximum absolute atomic E-state index is 13.7. The number of benzene rings is 2. The van der Waals surface area contributed by atoms with Crippen molar-refractivity contribution < 1.29 is 13.6 Å². The number of carbonyl (C=O) groups is 1. The molecule has 0 radical (unpaired) electrons. The predicted octanol–water partition coefficient (Wildman–Crippen LogP) is 3.84. The number of Topliss-reactive ketones (excluding diaryl/α,β-unsaturated/α-hetero) is 1. The molecule has 0 aliphatic carbocycles. The van der Waals surface area contributed by atoms with Crippen LogP contribution in [0, 0.1) is 11.6 Å². The fourth-order valence-electron chi connectivity index (χ4n) is 2.08. The van der Waals surface area contributed by atoms with Crippen LogP contribution in [-0.4, -0.2) is 21.0 Å². The van der Waals surface area contributed by atoms with Crippen LogP contribution in [0.4, 0.5) is 31.9 Å². The van der Waals surface area contributed by atoms with Gasteiger partial charge >= 0.3 is 0 Å². The Balaban J connectivity index is 1.78. The lowest BCUT2D eigenvalue weighted by atomic mass is 10.1. The number of carbonyl (C=O) groups excluding carboxylic acids is 1. The van der Waals surface area contributed by atoms with Gasteiger partial charge in [-0.05, 0) is 43.3 Å². The summed E-state index contributed by atoms with van der Waals surface area (Å²) in [6, 6.07) is 10.2. The van der Waals surface area contributed by atoms with Crippen LogP contribution in [0.5, 0.6) is 0 Å². The van der Waals surface area contributed by atoms with E-state index in [4.69, 9.17) is 0 Å². The topological polar surface area (TPSA) is 79.8 Å². The first-order valence-corrected chi connectivity index (χ1v) is 7.32. The molecule has 126 valence electrons. The van der Waals surface area contributed by atoms with Crippen LogP contribution < -0.4 is 10.6 Å². The summed E-state index contributed by atoms with van der Waals surface area (Å²) < 4.78 is 27.4. The molecule has 0 spiro atoms. The largest absolute Gasteiger partial charge is 0.334 e. The van der Waals surface area contributed by atoms with Crippen molar-refractivity contribution in [1.29, 1.82) is 0 Å². The Morgan fingerprint density at radius 2 is 1.68 bits per heavy atom. The minimum absolute atomic E-state index is 0.0393. The maximum Gasteiger partial charge on any atom is 0.249 e. The number of nitrogens with zero attached hydrogens (tertiary/aromatic N) is 3. The molecule has 0 fully saturated rings. The van der Waals surface area contributed by atoms with E-state index in [9.17, 15) is 13.6 Å². The Hall–Kier alpha value is -3.42. The lowest BCUT2D eigenvalue weighted by molar-refractivity contribution is 0.101. The summed E-state index contributed by atoms with van der Waals surface area (Å²) in [5.41, 5.74) is 0.899. The van der Waals surface area contributed by atoms with Gasteiger partial charge < -0.3 is 10.6 Å². The summed E-state index contributed by atoms with van der Waals surface area (Å²) in [5, 5.41) is 13.0. The molecule has 2 N–H and O–H groups in total. The van der Waals surface area contributed by atoms with Crippen LogP contribution in [0.3, 0.4) is 0 Å². The predicted molar refractivity (Wildman–Crippen MR) is 89.2 cm³/mol. The minimum Gasteiger partial charge on any atom is -0.334 e. The van der Waals surface area contributed by atoms with E-state index in [-0.39, 0.29) is 23.2 Å². The molecule has 0 atom stereocenters. The fourth-order valence-corrected chi connectivity index (χ4v) is 2.08. The summed E-state index contributed by atoms with van der Waals surface area (Å²) in [4.78, 5) is 15.4. The standard InChI is InChI=1S/C17H13F2N5O/c1-10(25)11-5-7-12(8-6-11)21-17-23-15(9-20-24-17)22-16-13(18)3-2-4-14(16)19/h2-9H,1H3,(H2,21,22,23,24). The van der Waals surface area contributed by atoms with E-state index in [2.05, 4.69) is 25.8 Å². The number of hydrogen-bond acceptors (Lipinski definition) is 6. The van der Waals surface area contributed by atoms with Crippen LogP contribution >= 0.6 is 0 Å². The maximum atomic E-state index is 13.7. The number of halogens is 2. The molecule has 8 heteroatoms. The van der Waals surface area contributed by atoms with Gasteiger partial charge in [0.15, 0.2) is 11.6 Å². The van der Waals surface area contributed by atoms with Crippen LogP contribution in [0.1, 0.15) is 17.3 Å². The van der Waals surface area contributed by atoms with Crippen molar-refractivity contribution in [2.75, 3.05) is 10.6 Å². The van der Waals surface area contributed by atoms with E-state index >= 15 is 0 Å². The van der Waals surface area contributed by atoms with Gasteiger partial charge in [-0.2, -0.15) is 10.1 Å². The van der Waals surface area contributed by atoms with E-state index in [1.54, 1.807) is 24.3 Å². The Kier molecular flexibility index (Phi) is 4.60. The highest BCUT2D eigenvalue weighted by Gasteiger charge is 2.10. The Morgan fingerprint density at radius 3 is 2.32 bits per heavy atom. The number of para-hydroxylation sites is 1. The molecule has 2 aromatic carbocycles. The van der Waals surface area contributed by atoms with Crippen molar-refractivity contribution in [2.45, 2.75) is 6.92 Å². The molecule has 6 nitrogen and oxygen atoms in total. The smallest absolute Gasteiger partial charge is 0.249 e. The zero-order chi connectivity index (χ0) is 17.8. The summed E-state index contributed by atoms with van der Waals surface area (Å²) >= 11 is 0. The van der Waals surface area contributed by atoms with Crippen molar-refractivity contribution in [2.24, 2.45) is 0 Å². The Morgan fingerprint density at radius 1 is 1.00 bits per heavy atom. The summed E-state index contributed by atoms with van der Waals surface area (Å²) in [6.07, 6.45) is 1.25. The fraction of sp³-hybridized carbons (Fsp3) is 0.0588. The molecule has 0 amide bonds. The van der Waals surface area contributed by atoms with Crippen molar-refractivity contribution in [1.82, 2.24) is 15.2 Å². The van der Waals surface area contributed by atoms with Crippen LogP contribution in [0.15, 0.2) is 48.7 Å². The SMILES string of the molecule is CC(=O)c1ccc(Nc2nncc(Nc3c(F)cccc3F)n2)cc1. The number of anilines is 4. The third-order valence-electron chi connectivity index (χ3n) is 3.32. The van der Waals surface area contributed by atoms with Crippen LogP contribution in [-0.2, 0) is 0 Å². The summed E-state index contributed by atoms with van der Waals surface area (Å²) in [6.45, 7) is 1.48. The molecule has 0 bridgehead atoms. The van der Waals surface area contributed by atoms with Gasteiger partial charge in [0.05, 0.1) is 6.20 Å². The lowest BCUT2D eigenvalue weighted by Crippen LogP contribution is -2.04. The van der Waals surface area contributed by atoms with Gasteiger partial charge in [0.1, 0.15) is 17.3 Å². The van der Waals surface area contributed by atoms with Crippen LogP contribution in [0.2, 0.25) is 0 Å². The van der Waals surface area contributed by atoms with E-state index in [1.807, 2.05) is 0 Å². The molecule has 1 heterocycles. The summed E-state index contributed by atoms with van der Waals surface area (Å²) in [5.74, 6) is -1.26. The number of nitrogens with one attached hydrogen (secondary N) is 2. The Labute approximate surface area is 141 Å². The van der Waals surface area contributed by atoms with Gasteiger partial charge in [0.2, 0.25) is 5.95 Å². The highest BCUT2D eigenvalue weighted by molar-refractivity contribution is 5.94. The van der Waals surface area contributed by atoms with Gasteiger partial charge in [-0.25, -0.2) is 8.78 Å². The molecule has 0 saturated heterocycles. The van der Waals surface area contributed by atoms with Crippen molar-refractivity contribution in [3.63, 3.8) is 0 Å². The van der Waals surface area contributed by atoms with E-state index in [1.165, 1.54) is 19.2 Å². The second-order valence-electron chi connectivity index (χ2n) is 5.15. The van der Waals surface area contributed by atoms with E-state index in [0.717, 1.165) is 12.1 Å². The first-order valence-electron chi connectivity index (χ1n) is 7.32. The third kappa shape index (κ3) is 3.92. The summed E-state index contributed by atoms with van der Waals surface area (Å²) in [7, 11) is 0. The number of rotatable bonds is 5. The lowest BCUT2D eigenvalue weighted by Gasteiger charge is -2.09. The molecule has 3 rings (SSSR count). The van der Waals surface area contributed by atoms with E-state index in [0.29, 0.717) is 11.3 Å². The number of aromatic nitrogens is 3. The Bertz CT molecular complexity index is 895. The third-order valence-corrected chi connectivity index (χ3v) is 3.32. The van der Waals surface area contributed by atoms with Gasteiger partial charge in [-0.1, -0.05) is 6.07 Å². The minimum atomic E-state index is -0.743. The molecular weight excluding hydrogens is 328 g/mol. The first-order chi connectivity index (χ1) is 12.0. The highest BCUT2D eigenvalue weighted by atomic mass is 19.1. The normalized spacial score (nSPS) is 10.4. The second-order valence-corrected chi connectivity index (χ2v) is 5.15. The van der Waals surface area contributed by atoms with Crippen molar-refractivity contribution in [3.05, 3.63) is 65.9 Å². The average molecular weight is 341 g/mol. The average Bonchev–Trinajstić information content (AvgIpc) is 2.59. The first kappa shape index (κ1) is 16.4. The van der Waals surface area contributed by atoms with Gasteiger partial charge in [0.25, 0.3) is 0 Å². The quantitative estimate of drug-likeness (QED) is 0.687. The second kappa shape index (κ2) is 7.00. The molecule has 0 unspecified atom stereocenters. The molecule has 0 saturated carbocycles. The molecule has 3 aromatic rings. The van der Waals surface area contributed by atoms with Gasteiger partial charge in [0, 0.05) is 11.3 Å². The number of ketones is 1. The van der Waals surface area contributed by atoms with Crippen molar-refractivity contribution in [3.8, 4) is 0 Å². The molecule has 0 aliphatic heterocycles. The molecule has 0 aliphatic rings. The zero-order valence-corrected chi connectivity index (χ0v) is 13.1.